The van der Waals surface area contributed by atoms with E-state index in [-0.39, 0.29) is 11.3 Å². The van der Waals surface area contributed by atoms with Gasteiger partial charge in [0.2, 0.25) is 10.0 Å². The molecule has 0 bridgehead atoms. The molecule has 0 spiro atoms. The molecule has 2 atom stereocenters. The first-order valence-electron chi connectivity index (χ1n) is 11.4. The minimum atomic E-state index is -3.99. The Balaban J connectivity index is 1.70. The average molecular weight is 472 g/mol. The maximum Gasteiger partial charge on any atom is 0.322 e. The van der Waals surface area contributed by atoms with E-state index in [9.17, 15) is 18.3 Å². The van der Waals surface area contributed by atoms with Gasteiger partial charge in [0, 0.05) is 23.5 Å². The lowest BCUT2D eigenvalue weighted by Gasteiger charge is -2.21. The number of aliphatic carboxylic acids is 1. The van der Waals surface area contributed by atoms with Gasteiger partial charge in [0.1, 0.15) is 6.04 Å². The highest BCUT2D eigenvalue weighted by atomic mass is 32.2. The Labute approximate surface area is 195 Å². The quantitative estimate of drug-likeness (QED) is 0.371. The van der Waals surface area contributed by atoms with Crippen molar-refractivity contribution in [3.8, 4) is 0 Å². The van der Waals surface area contributed by atoms with E-state index in [4.69, 9.17) is 0 Å². The van der Waals surface area contributed by atoms with Gasteiger partial charge < -0.3 is 15.0 Å². The second-order valence-electron chi connectivity index (χ2n) is 8.36. The number of aromatic nitrogens is 1. The lowest BCUT2D eigenvalue weighted by Crippen LogP contribution is -2.42. The zero-order valence-electron chi connectivity index (χ0n) is 19.4. The molecule has 0 amide bonds. The fourth-order valence-electron chi connectivity index (χ4n) is 4.01. The third-order valence-electron chi connectivity index (χ3n) is 6.23. The Kier molecular flexibility index (Phi) is 8.29. The number of carbonyl (C=O) groups is 1. The van der Waals surface area contributed by atoms with Crippen molar-refractivity contribution >= 4 is 26.9 Å². The van der Waals surface area contributed by atoms with Gasteiger partial charge in [-0.2, -0.15) is 4.72 Å². The highest BCUT2D eigenvalue weighted by Gasteiger charge is 2.26. The maximum atomic E-state index is 12.9. The number of nitrogens with zero attached hydrogens (tertiary/aromatic N) is 1. The van der Waals surface area contributed by atoms with E-state index in [1.54, 1.807) is 18.3 Å². The van der Waals surface area contributed by atoms with Crippen LogP contribution in [0.2, 0.25) is 0 Å². The molecule has 3 rings (SSSR count). The molecule has 0 saturated carbocycles. The Morgan fingerprint density at radius 2 is 1.76 bits per heavy atom. The topological polar surface area (TPSA) is 103 Å². The van der Waals surface area contributed by atoms with Crippen LogP contribution in [0.15, 0.2) is 59.6 Å². The number of aromatic amines is 1. The Morgan fingerprint density at radius 3 is 2.39 bits per heavy atom. The summed E-state index contributed by atoms with van der Waals surface area (Å²) in [6.45, 7) is 9.43. The lowest BCUT2D eigenvalue weighted by molar-refractivity contribution is -0.138. The van der Waals surface area contributed by atoms with Gasteiger partial charge in [-0.1, -0.05) is 51.1 Å². The summed E-state index contributed by atoms with van der Waals surface area (Å²) < 4.78 is 28.2. The van der Waals surface area contributed by atoms with Gasteiger partial charge in [0.15, 0.2) is 0 Å². The molecule has 0 aliphatic carbocycles. The monoisotopic (exact) mass is 471 g/mol. The van der Waals surface area contributed by atoms with Crippen molar-refractivity contribution in [3.05, 3.63) is 65.9 Å². The highest BCUT2D eigenvalue weighted by Crippen LogP contribution is 2.23. The van der Waals surface area contributed by atoms with Crippen molar-refractivity contribution in [1.82, 2.24) is 14.6 Å². The zero-order chi connectivity index (χ0) is 24.0. The molecule has 1 heterocycles. The third kappa shape index (κ3) is 6.22. The molecule has 3 aromatic rings. The number of benzene rings is 2. The van der Waals surface area contributed by atoms with Crippen LogP contribution < -0.4 is 4.72 Å². The molecular weight excluding hydrogens is 438 g/mol. The van der Waals surface area contributed by atoms with E-state index < -0.39 is 22.0 Å². The van der Waals surface area contributed by atoms with Crippen LogP contribution in [0.1, 0.15) is 44.2 Å². The van der Waals surface area contributed by atoms with Crippen LogP contribution in [0.3, 0.4) is 0 Å². The molecule has 2 aromatic carbocycles. The van der Waals surface area contributed by atoms with Crippen LogP contribution in [0, 0.1) is 0 Å². The van der Waals surface area contributed by atoms with E-state index in [0.717, 1.165) is 48.1 Å². The minimum absolute atomic E-state index is 0.0407. The summed E-state index contributed by atoms with van der Waals surface area (Å²) in [7, 11) is -3.99. The number of hydrogen-bond donors (Lipinski definition) is 3. The summed E-state index contributed by atoms with van der Waals surface area (Å²) in [6.07, 6.45) is 2.75. The van der Waals surface area contributed by atoms with Crippen molar-refractivity contribution in [2.24, 2.45) is 0 Å². The summed E-state index contributed by atoms with van der Waals surface area (Å²) in [5.74, 6) is -0.922. The summed E-state index contributed by atoms with van der Waals surface area (Å²) in [6, 6.07) is 13.0. The first kappa shape index (κ1) is 25.0. The number of carboxylic acids is 1. The summed E-state index contributed by atoms with van der Waals surface area (Å²) in [5, 5.41) is 10.6. The van der Waals surface area contributed by atoms with E-state index in [1.165, 1.54) is 0 Å². The molecule has 178 valence electrons. The molecule has 7 nitrogen and oxygen atoms in total. The first-order valence-corrected chi connectivity index (χ1v) is 12.9. The van der Waals surface area contributed by atoms with E-state index in [2.05, 4.69) is 35.4 Å². The predicted octanol–water partition coefficient (Wildman–Crippen LogP) is 3.98. The predicted molar refractivity (Wildman–Crippen MR) is 131 cm³/mol. The summed E-state index contributed by atoms with van der Waals surface area (Å²) in [5.41, 5.74) is 2.69. The Bertz CT molecular complexity index is 1170. The number of nitrogens with one attached hydrogen (secondary N) is 2. The Morgan fingerprint density at radius 1 is 1.09 bits per heavy atom. The molecular formula is C25H33N3O4S. The third-order valence-corrected chi connectivity index (χ3v) is 7.71. The molecule has 0 aliphatic rings. The van der Waals surface area contributed by atoms with E-state index in [1.807, 2.05) is 36.4 Å². The van der Waals surface area contributed by atoms with Crippen molar-refractivity contribution in [2.75, 3.05) is 19.6 Å². The van der Waals surface area contributed by atoms with Crippen LogP contribution in [-0.2, 0) is 21.2 Å². The highest BCUT2D eigenvalue weighted by molar-refractivity contribution is 7.89. The van der Waals surface area contributed by atoms with Crippen LogP contribution in [0.25, 0.3) is 10.9 Å². The average Bonchev–Trinajstić information content (AvgIpc) is 3.22. The second-order valence-corrected chi connectivity index (χ2v) is 10.1. The number of rotatable bonds is 12. The minimum Gasteiger partial charge on any atom is -0.480 e. The normalized spacial score (nSPS) is 13.9. The smallest absolute Gasteiger partial charge is 0.322 e. The van der Waals surface area contributed by atoms with Crippen molar-refractivity contribution < 1.29 is 18.3 Å². The number of para-hydroxylation sites is 1. The SMILES string of the molecule is CCN(CC)CCC(C)c1ccc(S(=O)(=O)NC(Cc2c[nH]c3ccccc23)C(=O)O)cc1. The molecule has 0 saturated heterocycles. The molecule has 2 unspecified atom stereocenters. The number of H-pyrrole nitrogens is 1. The lowest BCUT2D eigenvalue weighted by atomic mass is 9.98. The van der Waals surface area contributed by atoms with Crippen molar-refractivity contribution in [3.63, 3.8) is 0 Å². The van der Waals surface area contributed by atoms with Gasteiger partial charge in [-0.25, -0.2) is 8.42 Å². The molecule has 0 fully saturated rings. The fraction of sp³-hybridized carbons (Fsp3) is 0.400. The zero-order valence-corrected chi connectivity index (χ0v) is 20.2. The molecule has 8 heteroatoms. The van der Waals surface area contributed by atoms with Gasteiger partial charge >= 0.3 is 5.97 Å². The molecule has 0 aliphatic heterocycles. The largest absolute Gasteiger partial charge is 0.480 e. The van der Waals surface area contributed by atoms with Gasteiger partial charge in [0.05, 0.1) is 4.90 Å². The van der Waals surface area contributed by atoms with Crippen LogP contribution in [-0.4, -0.2) is 55.1 Å². The number of fused-ring (bicyclic) bond motifs is 1. The second kappa shape index (κ2) is 11.0. The van der Waals surface area contributed by atoms with Crippen molar-refractivity contribution in [1.29, 1.82) is 0 Å². The van der Waals surface area contributed by atoms with Gasteiger partial charge in [-0.05, 0) is 61.3 Å². The van der Waals surface area contributed by atoms with Crippen LogP contribution in [0.5, 0.6) is 0 Å². The van der Waals surface area contributed by atoms with E-state index >= 15 is 0 Å². The fourth-order valence-corrected chi connectivity index (χ4v) is 5.20. The first-order chi connectivity index (χ1) is 15.7. The molecule has 33 heavy (non-hydrogen) atoms. The number of hydrogen-bond acceptors (Lipinski definition) is 4. The Hall–Kier alpha value is -2.68. The maximum absolute atomic E-state index is 12.9. The van der Waals surface area contributed by atoms with E-state index in [0.29, 0.717) is 5.92 Å². The standard InChI is InChI=1S/C25H33N3O4S/c1-4-28(5-2)15-14-18(3)19-10-12-21(13-11-19)33(31,32)27-24(25(29)30)16-20-17-26-23-9-7-6-8-22(20)23/h6-13,17-18,24,26-27H,4-5,14-16H2,1-3H3,(H,29,30). The van der Waals surface area contributed by atoms with Crippen molar-refractivity contribution in [2.45, 2.75) is 50.5 Å². The van der Waals surface area contributed by atoms with Crippen LogP contribution >= 0.6 is 0 Å². The molecule has 1 aromatic heterocycles. The summed E-state index contributed by atoms with van der Waals surface area (Å²) >= 11 is 0. The van der Waals surface area contributed by atoms with Gasteiger partial charge in [-0.15, -0.1) is 0 Å². The van der Waals surface area contributed by atoms with Crippen LogP contribution in [0.4, 0.5) is 0 Å². The number of sulfonamides is 1. The van der Waals surface area contributed by atoms with Gasteiger partial charge in [0.25, 0.3) is 0 Å². The summed E-state index contributed by atoms with van der Waals surface area (Å²) in [4.78, 5) is 17.4. The number of carboxylic acid groups (broad SMARTS) is 1. The molecule has 0 radical (unpaired) electrons. The van der Waals surface area contributed by atoms with Gasteiger partial charge in [-0.3, -0.25) is 4.79 Å². The molecule has 3 N–H and O–H groups in total.